The Morgan fingerprint density at radius 3 is 2.88 bits per heavy atom. The molecule has 1 rings (SSSR count). The molecule has 0 bridgehead atoms. The molecule has 0 aliphatic heterocycles. The van der Waals surface area contributed by atoms with E-state index < -0.39 is 0 Å². The summed E-state index contributed by atoms with van der Waals surface area (Å²) in [6.07, 6.45) is 1.85. The summed E-state index contributed by atoms with van der Waals surface area (Å²) in [5.41, 5.74) is 1.92. The zero-order chi connectivity index (χ0) is 12.7. The van der Waals surface area contributed by atoms with E-state index in [4.69, 9.17) is 4.74 Å². The lowest BCUT2D eigenvalue weighted by atomic mass is 10.1. The molecular weight excluding hydrogens is 282 g/mol. The molecule has 0 radical (unpaired) electrons. The molecule has 0 aliphatic rings. The fourth-order valence-electron chi connectivity index (χ4n) is 1.66. The van der Waals surface area contributed by atoms with Crippen LogP contribution in [0.1, 0.15) is 5.56 Å². The van der Waals surface area contributed by atoms with Crippen molar-refractivity contribution in [3.63, 3.8) is 0 Å². The van der Waals surface area contributed by atoms with Gasteiger partial charge in [0.2, 0.25) is 0 Å². The first-order valence-corrected chi connectivity index (χ1v) is 6.26. The van der Waals surface area contributed by atoms with Crippen LogP contribution in [0.2, 0.25) is 0 Å². The second kappa shape index (κ2) is 7.48. The van der Waals surface area contributed by atoms with Crippen LogP contribution in [0.15, 0.2) is 35.3 Å². The SMILES string of the molecule is C=CCN(CCOC)c1ccc(Br)cc1CO. The van der Waals surface area contributed by atoms with E-state index in [9.17, 15) is 5.11 Å². The van der Waals surface area contributed by atoms with Crippen molar-refractivity contribution in [2.75, 3.05) is 31.7 Å². The van der Waals surface area contributed by atoms with Crippen molar-refractivity contribution in [1.29, 1.82) is 0 Å². The van der Waals surface area contributed by atoms with Crippen molar-refractivity contribution >= 4 is 21.6 Å². The molecule has 0 saturated heterocycles. The second-order valence-electron chi connectivity index (χ2n) is 3.66. The minimum atomic E-state index is 0.0232. The largest absolute Gasteiger partial charge is 0.392 e. The Kier molecular flexibility index (Phi) is 6.26. The lowest BCUT2D eigenvalue weighted by Crippen LogP contribution is -2.28. The zero-order valence-corrected chi connectivity index (χ0v) is 11.6. The molecule has 0 unspecified atom stereocenters. The average molecular weight is 300 g/mol. The monoisotopic (exact) mass is 299 g/mol. The van der Waals surface area contributed by atoms with Gasteiger partial charge in [-0.3, -0.25) is 0 Å². The molecule has 94 valence electrons. The van der Waals surface area contributed by atoms with Crippen LogP contribution >= 0.6 is 15.9 Å². The Bertz CT molecular complexity index is 368. The van der Waals surface area contributed by atoms with Crippen LogP contribution in [-0.4, -0.2) is 31.9 Å². The van der Waals surface area contributed by atoms with Crippen LogP contribution in [0.5, 0.6) is 0 Å². The molecule has 0 fully saturated rings. The van der Waals surface area contributed by atoms with Crippen molar-refractivity contribution in [3.05, 3.63) is 40.9 Å². The van der Waals surface area contributed by atoms with Crippen molar-refractivity contribution in [1.82, 2.24) is 0 Å². The van der Waals surface area contributed by atoms with E-state index in [1.165, 1.54) is 0 Å². The van der Waals surface area contributed by atoms with Gasteiger partial charge in [0.1, 0.15) is 0 Å². The van der Waals surface area contributed by atoms with Crippen LogP contribution in [0.4, 0.5) is 5.69 Å². The van der Waals surface area contributed by atoms with Crippen molar-refractivity contribution in [2.24, 2.45) is 0 Å². The van der Waals surface area contributed by atoms with Gasteiger partial charge in [-0.2, -0.15) is 0 Å². The third-order valence-electron chi connectivity index (χ3n) is 2.47. The van der Waals surface area contributed by atoms with Crippen LogP contribution in [0.25, 0.3) is 0 Å². The normalized spacial score (nSPS) is 10.3. The standard InChI is InChI=1S/C13H18BrNO2/c1-3-6-15(7-8-17-2)13-5-4-12(14)9-11(13)10-16/h3-5,9,16H,1,6-8,10H2,2H3. The van der Waals surface area contributed by atoms with Gasteiger partial charge >= 0.3 is 0 Å². The fraction of sp³-hybridized carbons (Fsp3) is 0.385. The summed E-state index contributed by atoms with van der Waals surface area (Å²) in [5, 5.41) is 9.38. The number of rotatable bonds is 7. The molecule has 0 saturated carbocycles. The van der Waals surface area contributed by atoms with Crippen molar-refractivity contribution in [3.8, 4) is 0 Å². The molecule has 0 spiro atoms. The Morgan fingerprint density at radius 1 is 1.53 bits per heavy atom. The number of methoxy groups -OCH3 is 1. The molecule has 0 atom stereocenters. The number of ether oxygens (including phenoxy) is 1. The summed E-state index contributed by atoms with van der Waals surface area (Å²) in [6.45, 7) is 5.93. The predicted octanol–water partition coefficient (Wildman–Crippen LogP) is 2.58. The van der Waals surface area contributed by atoms with E-state index in [1.807, 2.05) is 24.3 Å². The first-order valence-electron chi connectivity index (χ1n) is 5.47. The van der Waals surface area contributed by atoms with Gasteiger partial charge in [-0.15, -0.1) is 6.58 Å². The highest BCUT2D eigenvalue weighted by molar-refractivity contribution is 9.10. The summed E-state index contributed by atoms with van der Waals surface area (Å²) >= 11 is 3.40. The minimum Gasteiger partial charge on any atom is -0.392 e. The van der Waals surface area contributed by atoms with Crippen molar-refractivity contribution < 1.29 is 9.84 Å². The fourth-order valence-corrected chi connectivity index (χ4v) is 2.07. The number of benzene rings is 1. The number of hydrogen-bond acceptors (Lipinski definition) is 3. The van der Waals surface area contributed by atoms with E-state index in [1.54, 1.807) is 7.11 Å². The maximum Gasteiger partial charge on any atom is 0.0702 e. The van der Waals surface area contributed by atoms with Crippen LogP contribution in [0.3, 0.4) is 0 Å². The summed E-state index contributed by atoms with van der Waals surface area (Å²) in [6, 6.07) is 5.89. The summed E-state index contributed by atoms with van der Waals surface area (Å²) in [4.78, 5) is 2.13. The van der Waals surface area contributed by atoms with E-state index in [0.29, 0.717) is 6.61 Å². The number of halogens is 1. The second-order valence-corrected chi connectivity index (χ2v) is 4.57. The maximum absolute atomic E-state index is 9.38. The van der Waals surface area contributed by atoms with Gasteiger partial charge < -0.3 is 14.7 Å². The molecule has 1 N–H and O–H groups in total. The Balaban J connectivity index is 2.95. The minimum absolute atomic E-state index is 0.0232. The number of nitrogens with zero attached hydrogens (tertiary/aromatic N) is 1. The third kappa shape index (κ3) is 4.15. The Hall–Kier alpha value is -0.840. The van der Waals surface area contributed by atoms with Gasteiger partial charge in [0.05, 0.1) is 13.2 Å². The molecule has 17 heavy (non-hydrogen) atoms. The first kappa shape index (κ1) is 14.2. The van der Waals surface area contributed by atoms with Crippen molar-refractivity contribution in [2.45, 2.75) is 6.61 Å². The van der Waals surface area contributed by atoms with Gasteiger partial charge in [0.25, 0.3) is 0 Å². The topological polar surface area (TPSA) is 32.7 Å². The molecule has 3 nitrogen and oxygen atoms in total. The van der Waals surface area contributed by atoms with E-state index in [-0.39, 0.29) is 6.61 Å². The highest BCUT2D eigenvalue weighted by Gasteiger charge is 2.09. The quantitative estimate of drug-likeness (QED) is 0.786. The van der Waals surface area contributed by atoms with Gasteiger partial charge in [-0.1, -0.05) is 22.0 Å². The molecule has 0 amide bonds. The Morgan fingerprint density at radius 2 is 2.29 bits per heavy atom. The van der Waals surface area contributed by atoms with Crippen LogP contribution in [0, 0.1) is 0 Å². The van der Waals surface area contributed by atoms with E-state index in [0.717, 1.165) is 28.8 Å². The Labute approximate surface area is 111 Å². The molecule has 0 aromatic heterocycles. The highest BCUT2D eigenvalue weighted by Crippen LogP contribution is 2.24. The molecule has 4 heteroatoms. The van der Waals surface area contributed by atoms with E-state index >= 15 is 0 Å². The average Bonchev–Trinajstić information content (AvgIpc) is 2.34. The zero-order valence-electron chi connectivity index (χ0n) is 10.0. The van der Waals surface area contributed by atoms with Crippen LogP contribution in [-0.2, 0) is 11.3 Å². The molecule has 1 aromatic carbocycles. The van der Waals surface area contributed by atoms with Gasteiger partial charge in [0, 0.05) is 35.9 Å². The first-order chi connectivity index (χ1) is 8.22. The summed E-state index contributed by atoms with van der Waals surface area (Å²) < 4.78 is 6.06. The highest BCUT2D eigenvalue weighted by atomic mass is 79.9. The summed E-state index contributed by atoms with van der Waals surface area (Å²) in [5.74, 6) is 0. The van der Waals surface area contributed by atoms with Crippen LogP contribution < -0.4 is 4.90 Å². The number of hydrogen-bond donors (Lipinski definition) is 1. The van der Waals surface area contributed by atoms with Gasteiger partial charge in [-0.25, -0.2) is 0 Å². The lowest BCUT2D eigenvalue weighted by molar-refractivity contribution is 0.205. The molecule has 0 heterocycles. The third-order valence-corrected chi connectivity index (χ3v) is 2.96. The number of anilines is 1. The lowest BCUT2D eigenvalue weighted by Gasteiger charge is -2.25. The van der Waals surface area contributed by atoms with E-state index in [2.05, 4.69) is 27.4 Å². The maximum atomic E-state index is 9.38. The number of aliphatic hydroxyl groups excluding tert-OH is 1. The van der Waals surface area contributed by atoms with Gasteiger partial charge in [-0.05, 0) is 18.2 Å². The molecule has 1 aromatic rings. The molecular formula is C13H18BrNO2. The van der Waals surface area contributed by atoms with Gasteiger partial charge in [0.15, 0.2) is 0 Å². The summed E-state index contributed by atoms with van der Waals surface area (Å²) in [7, 11) is 1.68. The predicted molar refractivity (Wildman–Crippen MR) is 74.4 cm³/mol. The smallest absolute Gasteiger partial charge is 0.0702 e. The number of aliphatic hydroxyl groups is 1. The molecule has 0 aliphatic carbocycles.